The van der Waals surface area contributed by atoms with Gasteiger partial charge in [0.15, 0.2) is 0 Å². The Hall–Kier alpha value is -2.29. The van der Waals surface area contributed by atoms with Crippen molar-refractivity contribution >= 4 is 11.6 Å². The molecule has 1 aliphatic carbocycles. The van der Waals surface area contributed by atoms with Crippen molar-refractivity contribution in [1.29, 1.82) is 0 Å². The lowest BCUT2D eigenvalue weighted by Crippen LogP contribution is -2.22. The van der Waals surface area contributed by atoms with Gasteiger partial charge in [-0.1, -0.05) is 36.4 Å². The van der Waals surface area contributed by atoms with Gasteiger partial charge >= 0.3 is 0 Å². The van der Waals surface area contributed by atoms with E-state index in [1.54, 1.807) is 30.3 Å². The summed E-state index contributed by atoms with van der Waals surface area (Å²) in [6.07, 6.45) is 0. The van der Waals surface area contributed by atoms with Gasteiger partial charge in [-0.05, 0) is 17.2 Å². The minimum atomic E-state index is -0.767. The lowest BCUT2D eigenvalue weighted by atomic mass is 9.84. The SMILES string of the molecule is O=C1C(=O)c2c(F)cccc2-c2ccccc21. The van der Waals surface area contributed by atoms with E-state index in [-0.39, 0.29) is 5.56 Å². The minimum Gasteiger partial charge on any atom is -0.285 e. The molecule has 0 saturated carbocycles. The second-order valence-corrected chi connectivity index (χ2v) is 3.87. The van der Waals surface area contributed by atoms with Crippen LogP contribution in [0.5, 0.6) is 0 Å². The van der Waals surface area contributed by atoms with Gasteiger partial charge in [-0.2, -0.15) is 0 Å². The van der Waals surface area contributed by atoms with Crippen molar-refractivity contribution in [1.82, 2.24) is 0 Å². The number of Topliss-reactive ketones (excluding diaryl/α,β-unsaturated/α-hetero) is 2. The molecule has 17 heavy (non-hydrogen) atoms. The predicted octanol–water partition coefficient (Wildman–Crippen LogP) is 2.87. The smallest absolute Gasteiger partial charge is 0.237 e. The molecule has 0 N–H and O–H groups in total. The Kier molecular flexibility index (Phi) is 1.95. The highest BCUT2D eigenvalue weighted by Gasteiger charge is 2.32. The average molecular weight is 226 g/mol. The minimum absolute atomic E-state index is 0.115. The van der Waals surface area contributed by atoms with Crippen LogP contribution < -0.4 is 0 Å². The topological polar surface area (TPSA) is 34.1 Å². The molecule has 0 unspecified atom stereocenters. The number of ketones is 2. The normalized spacial score (nSPS) is 13.2. The quantitative estimate of drug-likeness (QED) is 0.647. The van der Waals surface area contributed by atoms with Crippen molar-refractivity contribution in [2.75, 3.05) is 0 Å². The van der Waals surface area contributed by atoms with Crippen molar-refractivity contribution in [3.05, 3.63) is 59.4 Å². The van der Waals surface area contributed by atoms with Crippen molar-refractivity contribution in [2.45, 2.75) is 0 Å². The van der Waals surface area contributed by atoms with Gasteiger partial charge in [0.1, 0.15) is 5.82 Å². The van der Waals surface area contributed by atoms with Crippen LogP contribution in [0.4, 0.5) is 4.39 Å². The van der Waals surface area contributed by atoms with Crippen molar-refractivity contribution in [3.8, 4) is 11.1 Å². The second kappa shape index (κ2) is 3.35. The summed E-state index contributed by atoms with van der Waals surface area (Å²) in [7, 11) is 0. The van der Waals surface area contributed by atoms with Gasteiger partial charge in [0.25, 0.3) is 0 Å². The van der Waals surface area contributed by atoms with E-state index in [1.165, 1.54) is 12.1 Å². The van der Waals surface area contributed by atoms with Gasteiger partial charge in [-0.15, -0.1) is 0 Å². The number of hydrogen-bond donors (Lipinski definition) is 0. The lowest BCUT2D eigenvalue weighted by molar-refractivity contribution is 0.0812. The van der Waals surface area contributed by atoms with Gasteiger partial charge in [0, 0.05) is 5.56 Å². The van der Waals surface area contributed by atoms with Crippen LogP contribution in [-0.4, -0.2) is 11.6 Å². The summed E-state index contributed by atoms with van der Waals surface area (Å²) in [6, 6.07) is 11.1. The fourth-order valence-electron chi connectivity index (χ4n) is 2.13. The highest BCUT2D eigenvalue weighted by atomic mass is 19.1. The Labute approximate surface area is 96.7 Å². The third-order valence-corrected chi connectivity index (χ3v) is 2.91. The summed E-state index contributed by atoms with van der Waals surface area (Å²) in [6.45, 7) is 0. The lowest BCUT2D eigenvalue weighted by Gasteiger charge is -2.17. The van der Waals surface area contributed by atoms with Crippen LogP contribution >= 0.6 is 0 Å². The van der Waals surface area contributed by atoms with E-state index in [0.717, 1.165) is 0 Å². The molecule has 2 aromatic rings. The van der Waals surface area contributed by atoms with E-state index in [9.17, 15) is 14.0 Å². The molecule has 0 aliphatic heterocycles. The highest BCUT2D eigenvalue weighted by Crippen LogP contribution is 2.34. The van der Waals surface area contributed by atoms with E-state index >= 15 is 0 Å². The number of carbonyl (C=O) groups is 2. The molecule has 3 rings (SSSR count). The van der Waals surface area contributed by atoms with E-state index in [2.05, 4.69) is 0 Å². The summed E-state index contributed by atoms with van der Waals surface area (Å²) in [5.41, 5.74) is 1.34. The van der Waals surface area contributed by atoms with Gasteiger partial charge < -0.3 is 0 Å². The number of carbonyl (C=O) groups excluding carboxylic acids is 2. The number of fused-ring (bicyclic) bond motifs is 3. The Bertz CT molecular complexity index is 659. The molecule has 0 aromatic heterocycles. The molecular formula is C14H7FO2. The average Bonchev–Trinajstić information content (AvgIpc) is 2.36. The molecular weight excluding hydrogens is 219 g/mol. The molecule has 0 saturated heterocycles. The summed E-state index contributed by atoms with van der Waals surface area (Å²) in [5.74, 6) is -2.05. The van der Waals surface area contributed by atoms with Crippen molar-refractivity contribution in [2.24, 2.45) is 0 Å². The van der Waals surface area contributed by atoms with E-state index in [4.69, 9.17) is 0 Å². The van der Waals surface area contributed by atoms with Crippen LogP contribution in [0.3, 0.4) is 0 Å². The summed E-state index contributed by atoms with van der Waals surface area (Å²) < 4.78 is 13.6. The third-order valence-electron chi connectivity index (χ3n) is 2.91. The maximum atomic E-state index is 13.6. The molecule has 0 bridgehead atoms. The van der Waals surface area contributed by atoms with Crippen molar-refractivity contribution in [3.63, 3.8) is 0 Å². The fourth-order valence-corrected chi connectivity index (χ4v) is 2.13. The maximum Gasteiger partial charge on any atom is 0.237 e. The fraction of sp³-hybridized carbons (Fsp3) is 0. The molecule has 82 valence electrons. The van der Waals surface area contributed by atoms with Crippen LogP contribution in [0.25, 0.3) is 11.1 Å². The number of halogens is 1. The number of hydrogen-bond acceptors (Lipinski definition) is 2. The Morgan fingerprint density at radius 2 is 1.35 bits per heavy atom. The second-order valence-electron chi connectivity index (χ2n) is 3.87. The van der Waals surface area contributed by atoms with Gasteiger partial charge in [0.2, 0.25) is 11.6 Å². The zero-order valence-electron chi connectivity index (χ0n) is 8.74. The highest BCUT2D eigenvalue weighted by molar-refractivity contribution is 6.53. The molecule has 2 nitrogen and oxygen atoms in total. The first kappa shape index (κ1) is 9.90. The molecule has 2 aromatic carbocycles. The van der Waals surface area contributed by atoms with E-state index in [1.807, 2.05) is 0 Å². The van der Waals surface area contributed by atoms with Gasteiger partial charge in [-0.25, -0.2) is 4.39 Å². The van der Waals surface area contributed by atoms with Gasteiger partial charge in [-0.3, -0.25) is 9.59 Å². The molecule has 3 heteroatoms. The van der Waals surface area contributed by atoms with Gasteiger partial charge in [0.05, 0.1) is 5.56 Å². The standard InChI is InChI=1S/C14H7FO2/c15-11-7-3-6-9-8-4-1-2-5-10(8)13(16)14(17)12(9)11/h1-7H. The predicted molar refractivity (Wildman–Crippen MR) is 60.5 cm³/mol. The Morgan fingerprint density at radius 1 is 0.706 bits per heavy atom. The molecule has 0 fully saturated rings. The molecule has 0 spiro atoms. The largest absolute Gasteiger partial charge is 0.285 e. The van der Waals surface area contributed by atoms with Crippen LogP contribution in [0, 0.1) is 5.82 Å². The summed E-state index contributed by atoms with van der Waals surface area (Å²) in [4.78, 5) is 23.6. The third kappa shape index (κ3) is 1.25. The first-order valence-corrected chi connectivity index (χ1v) is 5.17. The molecule has 0 heterocycles. The zero-order chi connectivity index (χ0) is 12.0. The van der Waals surface area contributed by atoms with Crippen LogP contribution in [0.2, 0.25) is 0 Å². The molecule has 1 aliphatic rings. The first-order chi connectivity index (χ1) is 8.20. The van der Waals surface area contributed by atoms with E-state index < -0.39 is 17.4 Å². The number of benzene rings is 2. The van der Waals surface area contributed by atoms with Crippen LogP contribution in [0.15, 0.2) is 42.5 Å². The molecule has 0 amide bonds. The van der Waals surface area contributed by atoms with E-state index in [0.29, 0.717) is 16.7 Å². The Balaban J connectivity index is 2.44. The summed E-state index contributed by atoms with van der Waals surface area (Å²) in [5, 5.41) is 0. The monoisotopic (exact) mass is 226 g/mol. The maximum absolute atomic E-state index is 13.6. The molecule has 0 radical (unpaired) electrons. The Morgan fingerprint density at radius 3 is 2.12 bits per heavy atom. The summed E-state index contributed by atoms with van der Waals surface area (Å²) >= 11 is 0. The molecule has 0 atom stereocenters. The first-order valence-electron chi connectivity index (χ1n) is 5.17. The van der Waals surface area contributed by atoms with Crippen LogP contribution in [-0.2, 0) is 0 Å². The van der Waals surface area contributed by atoms with Crippen LogP contribution in [0.1, 0.15) is 20.7 Å². The number of rotatable bonds is 0. The zero-order valence-corrected chi connectivity index (χ0v) is 8.74. The van der Waals surface area contributed by atoms with Crippen molar-refractivity contribution < 1.29 is 14.0 Å².